The van der Waals surface area contributed by atoms with Crippen LogP contribution in [0.1, 0.15) is 61.2 Å². The highest BCUT2D eigenvalue weighted by atomic mass is 16.6. The third-order valence-corrected chi connectivity index (χ3v) is 4.96. The minimum absolute atomic E-state index is 0. The Balaban J connectivity index is 0.00000841. The lowest BCUT2D eigenvalue weighted by Gasteiger charge is -2.29. The van der Waals surface area contributed by atoms with Crippen molar-refractivity contribution < 1.29 is 30.0 Å². The Kier molecular flexibility index (Phi) is 14.1. The van der Waals surface area contributed by atoms with Crippen molar-refractivity contribution in [3.63, 3.8) is 0 Å². The fraction of sp³-hybridized carbons (Fsp3) is 0.909. The Bertz CT molecular complexity index is 453. The molecule has 1 amide bonds. The number of amides is 1. The van der Waals surface area contributed by atoms with Gasteiger partial charge in [-0.2, -0.15) is 0 Å². The number of hydrogen-bond acceptors (Lipinski definition) is 6. The summed E-state index contributed by atoms with van der Waals surface area (Å²) in [6.45, 7) is 11.5. The highest BCUT2D eigenvalue weighted by molar-refractivity contribution is 5.83. The van der Waals surface area contributed by atoms with E-state index in [1.807, 2.05) is 27.7 Å². The molecule has 0 unspecified atom stereocenters. The highest BCUT2D eigenvalue weighted by Crippen LogP contribution is 2.27. The first-order valence-electron chi connectivity index (χ1n) is 11.1. The average molecular weight is 418 g/mol. The predicted molar refractivity (Wildman–Crippen MR) is 114 cm³/mol. The first-order chi connectivity index (χ1) is 13.9. The van der Waals surface area contributed by atoms with E-state index in [4.69, 9.17) is 18.9 Å². The number of hydrogen-bond donors (Lipinski definition) is 1. The maximum Gasteiger partial charge on any atom is 0.222 e. The maximum atomic E-state index is 12.1. The van der Waals surface area contributed by atoms with E-state index >= 15 is 0 Å². The van der Waals surface area contributed by atoms with Gasteiger partial charge < -0.3 is 24.3 Å². The monoisotopic (exact) mass is 417 g/mol. The number of ether oxygens (including phenoxy) is 4. The average Bonchev–Trinajstić information content (AvgIpc) is 2.68. The molecule has 0 aromatic heterocycles. The van der Waals surface area contributed by atoms with E-state index in [-0.39, 0.29) is 31.3 Å². The molecule has 0 heterocycles. The Morgan fingerprint density at radius 3 is 1.86 bits per heavy atom. The molecule has 172 valence electrons. The van der Waals surface area contributed by atoms with E-state index in [0.29, 0.717) is 58.5 Å². The highest BCUT2D eigenvalue weighted by Gasteiger charge is 2.28. The van der Waals surface area contributed by atoms with Gasteiger partial charge in [0.25, 0.3) is 0 Å². The molecule has 1 aliphatic rings. The minimum Gasteiger partial charge on any atom is -0.379 e. The Hall–Kier alpha value is -1.02. The van der Waals surface area contributed by atoms with Crippen LogP contribution in [0.15, 0.2) is 0 Å². The van der Waals surface area contributed by atoms with Crippen LogP contribution in [-0.2, 0) is 28.5 Å². The number of rotatable bonds is 16. The molecule has 0 saturated heterocycles. The summed E-state index contributed by atoms with van der Waals surface area (Å²) in [7, 11) is 0. The second-order valence-electron chi connectivity index (χ2n) is 8.18. The summed E-state index contributed by atoms with van der Waals surface area (Å²) in [5.41, 5.74) is 0. The largest absolute Gasteiger partial charge is 0.379 e. The van der Waals surface area contributed by atoms with Gasteiger partial charge in [-0.25, -0.2) is 0 Å². The van der Waals surface area contributed by atoms with Crippen molar-refractivity contribution >= 4 is 11.7 Å². The zero-order chi connectivity index (χ0) is 21.5. The molecular weight excluding hydrogens is 374 g/mol. The van der Waals surface area contributed by atoms with Crippen LogP contribution >= 0.6 is 0 Å². The van der Waals surface area contributed by atoms with E-state index in [2.05, 4.69) is 5.32 Å². The molecule has 1 rings (SSSR count). The zero-order valence-corrected chi connectivity index (χ0v) is 18.7. The van der Waals surface area contributed by atoms with Crippen LogP contribution in [0.5, 0.6) is 0 Å². The molecule has 1 N–H and O–H groups in total. The van der Waals surface area contributed by atoms with Gasteiger partial charge in [0.05, 0.1) is 52.4 Å². The molecule has 0 aromatic rings. The Morgan fingerprint density at radius 1 is 0.828 bits per heavy atom. The van der Waals surface area contributed by atoms with Gasteiger partial charge in [0.2, 0.25) is 5.91 Å². The first kappa shape index (κ1) is 26.0. The van der Waals surface area contributed by atoms with Crippen LogP contribution in [0.4, 0.5) is 0 Å². The molecule has 7 nitrogen and oxygen atoms in total. The predicted octanol–water partition coefficient (Wildman–Crippen LogP) is 3.00. The number of carbonyl (C=O) groups is 2. The molecular formula is C22H43NO6. The second kappa shape index (κ2) is 15.8. The molecule has 0 aromatic carbocycles. The third kappa shape index (κ3) is 13.0. The quantitative estimate of drug-likeness (QED) is 0.389. The van der Waals surface area contributed by atoms with Gasteiger partial charge in [-0.05, 0) is 39.5 Å². The summed E-state index contributed by atoms with van der Waals surface area (Å²) < 4.78 is 21.6. The summed E-state index contributed by atoms with van der Waals surface area (Å²) in [5, 5.41) is 3.06. The normalized spacial score (nSPS) is 19.7. The van der Waals surface area contributed by atoms with Gasteiger partial charge in [-0.1, -0.05) is 13.8 Å². The molecule has 1 fully saturated rings. The fourth-order valence-electron chi connectivity index (χ4n) is 3.34. The topological polar surface area (TPSA) is 83.1 Å². The van der Waals surface area contributed by atoms with Gasteiger partial charge in [-0.15, -0.1) is 0 Å². The van der Waals surface area contributed by atoms with E-state index in [0.717, 1.165) is 25.7 Å². The Morgan fingerprint density at radius 2 is 1.34 bits per heavy atom. The van der Waals surface area contributed by atoms with Crippen molar-refractivity contribution in [2.24, 2.45) is 11.8 Å². The summed E-state index contributed by atoms with van der Waals surface area (Å²) >= 11 is 0. The molecule has 1 saturated carbocycles. The number of carbonyl (C=O) groups excluding carboxylic acids is 2. The van der Waals surface area contributed by atoms with Crippen LogP contribution in [0.3, 0.4) is 0 Å². The van der Waals surface area contributed by atoms with E-state index in [1.165, 1.54) is 0 Å². The van der Waals surface area contributed by atoms with Crippen LogP contribution in [0.25, 0.3) is 0 Å². The van der Waals surface area contributed by atoms with E-state index in [1.54, 1.807) is 0 Å². The van der Waals surface area contributed by atoms with Crippen LogP contribution in [0.2, 0.25) is 0 Å². The van der Waals surface area contributed by atoms with Gasteiger partial charge in [0.1, 0.15) is 5.78 Å². The molecule has 29 heavy (non-hydrogen) atoms. The summed E-state index contributed by atoms with van der Waals surface area (Å²) in [4.78, 5) is 24.1. The molecule has 0 radical (unpaired) electrons. The lowest BCUT2D eigenvalue weighted by Crippen LogP contribution is -2.39. The molecule has 0 aliphatic heterocycles. The summed E-state index contributed by atoms with van der Waals surface area (Å²) in [6.07, 6.45) is 4.10. The summed E-state index contributed by atoms with van der Waals surface area (Å²) in [6, 6.07) is 0.188. The van der Waals surface area contributed by atoms with Crippen molar-refractivity contribution in [1.82, 2.24) is 5.32 Å². The van der Waals surface area contributed by atoms with Gasteiger partial charge in [-0.3, -0.25) is 9.59 Å². The number of ketones is 1. The summed E-state index contributed by atoms with van der Waals surface area (Å²) in [5.74, 6) is 0.646. The third-order valence-electron chi connectivity index (χ3n) is 4.96. The zero-order valence-electron chi connectivity index (χ0n) is 18.7. The van der Waals surface area contributed by atoms with Crippen molar-refractivity contribution in [2.75, 3.05) is 46.2 Å². The smallest absolute Gasteiger partial charge is 0.222 e. The van der Waals surface area contributed by atoms with Crippen LogP contribution < -0.4 is 5.32 Å². The molecule has 0 atom stereocenters. The minimum atomic E-state index is 0. The maximum absolute atomic E-state index is 12.1. The molecule has 0 bridgehead atoms. The first-order valence-corrected chi connectivity index (χ1v) is 11.1. The molecule has 7 heteroatoms. The van der Waals surface area contributed by atoms with Crippen LogP contribution in [0, 0.1) is 11.8 Å². The van der Waals surface area contributed by atoms with E-state index in [9.17, 15) is 9.59 Å². The van der Waals surface area contributed by atoms with Crippen LogP contribution in [-0.4, -0.2) is 70.1 Å². The lowest BCUT2D eigenvalue weighted by atomic mass is 9.80. The number of nitrogens with one attached hydrogen (secondary N) is 1. The lowest BCUT2D eigenvalue weighted by molar-refractivity contribution is -0.127. The van der Waals surface area contributed by atoms with Gasteiger partial charge in [0, 0.05) is 25.7 Å². The van der Waals surface area contributed by atoms with Crippen molar-refractivity contribution in [2.45, 2.75) is 71.9 Å². The van der Waals surface area contributed by atoms with Crippen molar-refractivity contribution in [3.05, 3.63) is 0 Å². The van der Waals surface area contributed by atoms with Gasteiger partial charge in [0.15, 0.2) is 0 Å². The fourth-order valence-corrected chi connectivity index (χ4v) is 3.34. The second-order valence-corrected chi connectivity index (χ2v) is 8.18. The number of Topliss-reactive ketones (excluding diaryl/α,β-unsaturated/α-hetero) is 1. The van der Waals surface area contributed by atoms with E-state index < -0.39 is 0 Å². The van der Waals surface area contributed by atoms with Crippen molar-refractivity contribution in [3.8, 4) is 0 Å². The van der Waals surface area contributed by atoms with Gasteiger partial charge >= 0.3 is 0 Å². The molecule has 0 spiro atoms. The van der Waals surface area contributed by atoms with Crippen molar-refractivity contribution in [1.29, 1.82) is 0 Å². The Labute approximate surface area is 177 Å². The molecule has 1 aliphatic carbocycles. The SMILES string of the molecule is CC(C)OCCOCCOCCOCCC(=O)NC1CCC(C(=O)C(C)C)CC1.[HH]. The standard InChI is InChI=1S/C22H41NO6.H2/c1-17(2)22(25)19-5-7-20(8-6-19)23-21(24)9-10-26-11-12-27-13-14-28-15-16-29-18(3)4;/h17-20H,5-16H2,1-4H3,(H,23,24);1H.